The highest BCUT2D eigenvalue weighted by molar-refractivity contribution is 5.80. The van der Waals surface area contributed by atoms with E-state index < -0.39 is 5.54 Å². The second-order valence-corrected chi connectivity index (χ2v) is 6.77. The fourth-order valence-electron chi connectivity index (χ4n) is 3.10. The predicted octanol–water partition coefficient (Wildman–Crippen LogP) is 3.29. The van der Waals surface area contributed by atoms with Gasteiger partial charge in [0.15, 0.2) is 0 Å². The van der Waals surface area contributed by atoms with Crippen LogP contribution in [0, 0.1) is 5.92 Å². The average Bonchev–Trinajstić information content (AvgIpc) is 2.40. The number of ether oxygens (including phenoxy) is 2. The van der Waals surface area contributed by atoms with Gasteiger partial charge in [-0.25, -0.2) is 0 Å². The zero-order valence-electron chi connectivity index (χ0n) is 14.4. The zero-order valence-corrected chi connectivity index (χ0v) is 14.4. The Bertz CT molecular complexity index is 319. The van der Waals surface area contributed by atoms with Gasteiger partial charge in [-0.05, 0) is 52.9 Å². The van der Waals surface area contributed by atoms with Gasteiger partial charge in [0.25, 0.3) is 0 Å². The zero-order chi connectivity index (χ0) is 15.9. The summed E-state index contributed by atoms with van der Waals surface area (Å²) in [5.41, 5.74) is -0.665. The van der Waals surface area contributed by atoms with E-state index in [0.29, 0.717) is 31.7 Å². The van der Waals surface area contributed by atoms with Crippen molar-refractivity contribution in [2.45, 2.75) is 84.4 Å². The molecule has 1 saturated carbocycles. The van der Waals surface area contributed by atoms with Crippen LogP contribution in [0.15, 0.2) is 0 Å². The van der Waals surface area contributed by atoms with Gasteiger partial charge in [-0.1, -0.05) is 19.8 Å². The number of hydrogen-bond acceptors (Lipinski definition) is 4. The molecule has 1 fully saturated rings. The summed E-state index contributed by atoms with van der Waals surface area (Å²) in [4.78, 5) is 12.2. The molecule has 0 heterocycles. The maximum atomic E-state index is 12.2. The van der Waals surface area contributed by atoms with E-state index in [0.717, 1.165) is 6.42 Å². The summed E-state index contributed by atoms with van der Waals surface area (Å²) in [6.45, 7) is 11.1. The van der Waals surface area contributed by atoms with Crippen LogP contribution >= 0.6 is 0 Å². The van der Waals surface area contributed by atoms with Crippen LogP contribution in [0.1, 0.15) is 66.7 Å². The van der Waals surface area contributed by atoms with Crippen molar-refractivity contribution >= 4 is 5.97 Å². The molecule has 3 unspecified atom stereocenters. The van der Waals surface area contributed by atoms with Gasteiger partial charge in [0.05, 0.1) is 12.7 Å². The molecule has 0 radical (unpaired) electrons. The van der Waals surface area contributed by atoms with Gasteiger partial charge in [-0.2, -0.15) is 0 Å². The first-order valence-electron chi connectivity index (χ1n) is 8.45. The van der Waals surface area contributed by atoms with Crippen LogP contribution in [0.3, 0.4) is 0 Å². The van der Waals surface area contributed by atoms with Gasteiger partial charge in [-0.15, -0.1) is 0 Å². The van der Waals surface area contributed by atoms with Crippen LogP contribution in [-0.4, -0.2) is 36.9 Å². The first-order valence-corrected chi connectivity index (χ1v) is 8.45. The molecule has 4 heteroatoms. The molecule has 1 rings (SSSR count). The largest absolute Gasteiger partial charge is 0.465 e. The maximum absolute atomic E-state index is 12.2. The Hall–Kier alpha value is -0.610. The Balaban J connectivity index is 2.50. The van der Waals surface area contributed by atoms with Crippen molar-refractivity contribution in [3.8, 4) is 0 Å². The van der Waals surface area contributed by atoms with Gasteiger partial charge < -0.3 is 9.47 Å². The van der Waals surface area contributed by atoms with E-state index in [1.54, 1.807) is 0 Å². The highest BCUT2D eigenvalue weighted by Gasteiger charge is 2.35. The third-order valence-corrected chi connectivity index (χ3v) is 4.30. The normalized spacial score (nSPS) is 25.6. The van der Waals surface area contributed by atoms with E-state index in [4.69, 9.17) is 9.47 Å². The monoisotopic (exact) mass is 299 g/mol. The van der Waals surface area contributed by atoms with Crippen molar-refractivity contribution in [2.75, 3.05) is 13.2 Å². The van der Waals surface area contributed by atoms with Crippen molar-refractivity contribution in [1.29, 1.82) is 0 Å². The first-order chi connectivity index (χ1) is 9.89. The molecule has 0 aromatic rings. The van der Waals surface area contributed by atoms with Crippen LogP contribution in [0.25, 0.3) is 0 Å². The molecule has 4 nitrogen and oxygen atoms in total. The minimum absolute atomic E-state index is 0.181. The smallest absolute Gasteiger partial charge is 0.326 e. The van der Waals surface area contributed by atoms with E-state index in [1.165, 1.54) is 19.3 Å². The molecule has 0 amide bonds. The van der Waals surface area contributed by atoms with E-state index >= 15 is 0 Å². The summed E-state index contributed by atoms with van der Waals surface area (Å²) >= 11 is 0. The SMILES string of the molecule is CCOC(=O)C(C)(CCOC1CCCCC1C)NC(C)C. The highest BCUT2D eigenvalue weighted by Crippen LogP contribution is 2.27. The summed E-state index contributed by atoms with van der Waals surface area (Å²) in [6, 6.07) is 0.230. The van der Waals surface area contributed by atoms with Gasteiger partial charge in [0.1, 0.15) is 5.54 Å². The van der Waals surface area contributed by atoms with Crippen molar-refractivity contribution in [1.82, 2.24) is 5.32 Å². The topological polar surface area (TPSA) is 47.6 Å². The molecular formula is C17H33NO3. The average molecular weight is 299 g/mol. The summed E-state index contributed by atoms with van der Waals surface area (Å²) in [6.07, 6.45) is 5.97. The summed E-state index contributed by atoms with van der Waals surface area (Å²) in [5.74, 6) is 0.449. The lowest BCUT2D eigenvalue weighted by Crippen LogP contribution is -2.54. The second-order valence-electron chi connectivity index (χ2n) is 6.77. The molecule has 1 aliphatic rings. The third-order valence-electron chi connectivity index (χ3n) is 4.30. The molecule has 0 saturated heterocycles. The standard InChI is InChI=1S/C17H33NO3/c1-6-20-16(19)17(5,18-13(2)3)11-12-21-15-10-8-7-9-14(15)4/h13-15,18H,6-12H2,1-5H3. The molecule has 1 N–H and O–H groups in total. The van der Waals surface area contributed by atoms with Gasteiger partial charge in [0, 0.05) is 12.6 Å². The number of carbonyl (C=O) groups excluding carboxylic acids is 1. The fourth-order valence-corrected chi connectivity index (χ4v) is 3.10. The Morgan fingerprint density at radius 1 is 1.33 bits per heavy atom. The molecule has 0 aromatic heterocycles. The second kappa shape index (κ2) is 8.74. The molecule has 0 spiro atoms. The Kier molecular flexibility index (Phi) is 7.67. The highest BCUT2D eigenvalue weighted by atomic mass is 16.5. The van der Waals surface area contributed by atoms with Gasteiger partial charge >= 0.3 is 5.97 Å². The van der Waals surface area contributed by atoms with E-state index in [2.05, 4.69) is 12.2 Å². The number of rotatable bonds is 8. The minimum Gasteiger partial charge on any atom is -0.465 e. The summed E-state index contributed by atoms with van der Waals surface area (Å²) < 4.78 is 11.3. The summed E-state index contributed by atoms with van der Waals surface area (Å²) in [5, 5.41) is 3.34. The minimum atomic E-state index is -0.665. The maximum Gasteiger partial charge on any atom is 0.326 e. The van der Waals surface area contributed by atoms with Crippen LogP contribution in [-0.2, 0) is 14.3 Å². The number of hydrogen-bond donors (Lipinski definition) is 1. The number of nitrogens with one attached hydrogen (secondary N) is 1. The lowest BCUT2D eigenvalue weighted by atomic mass is 9.88. The third kappa shape index (κ3) is 5.95. The molecule has 0 aromatic carbocycles. The molecule has 124 valence electrons. The number of carbonyl (C=O) groups is 1. The lowest BCUT2D eigenvalue weighted by molar-refractivity contribution is -0.152. The van der Waals surface area contributed by atoms with Crippen molar-refractivity contribution in [2.24, 2.45) is 5.92 Å². The quantitative estimate of drug-likeness (QED) is 0.699. The molecular weight excluding hydrogens is 266 g/mol. The Morgan fingerprint density at radius 2 is 2.00 bits per heavy atom. The fraction of sp³-hybridized carbons (Fsp3) is 0.941. The Morgan fingerprint density at radius 3 is 2.57 bits per heavy atom. The van der Waals surface area contributed by atoms with E-state index in [-0.39, 0.29) is 12.0 Å². The van der Waals surface area contributed by atoms with Crippen LogP contribution < -0.4 is 5.32 Å². The lowest BCUT2D eigenvalue weighted by Gasteiger charge is -2.33. The van der Waals surface area contributed by atoms with Crippen molar-refractivity contribution in [3.05, 3.63) is 0 Å². The Labute approximate surface area is 130 Å². The van der Waals surface area contributed by atoms with E-state index in [9.17, 15) is 4.79 Å². The molecule has 1 aliphatic carbocycles. The van der Waals surface area contributed by atoms with Gasteiger partial charge in [-0.3, -0.25) is 10.1 Å². The summed E-state index contributed by atoms with van der Waals surface area (Å²) in [7, 11) is 0. The van der Waals surface area contributed by atoms with E-state index in [1.807, 2.05) is 27.7 Å². The van der Waals surface area contributed by atoms with Crippen LogP contribution in [0.2, 0.25) is 0 Å². The molecule has 3 atom stereocenters. The van der Waals surface area contributed by atoms with Crippen molar-refractivity contribution in [3.63, 3.8) is 0 Å². The van der Waals surface area contributed by atoms with Gasteiger partial charge in [0.2, 0.25) is 0 Å². The van der Waals surface area contributed by atoms with Crippen LogP contribution in [0.5, 0.6) is 0 Å². The number of esters is 1. The molecule has 0 aliphatic heterocycles. The van der Waals surface area contributed by atoms with Crippen LogP contribution in [0.4, 0.5) is 0 Å². The molecule has 0 bridgehead atoms. The van der Waals surface area contributed by atoms with Crippen molar-refractivity contribution < 1.29 is 14.3 Å². The first kappa shape index (κ1) is 18.4. The predicted molar refractivity (Wildman–Crippen MR) is 85.3 cm³/mol. The molecule has 21 heavy (non-hydrogen) atoms.